The van der Waals surface area contributed by atoms with E-state index >= 15 is 0 Å². The van der Waals surface area contributed by atoms with Gasteiger partial charge in [0.2, 0.25) is 5.78 Å². The zero-order valence-corrected chi connectivity index (χ0v) is 16.4. The van der Waals surface area contributed by atoms with Crippen molar-refractivity contribution < 1.29 is 19.1 Å². The molecule has 5 nitrogen and oxygen atoms in total. The summed E-state index contributed by atoms with van der Waals surface area (Å²) in [5, 5.41) is 0. The van der Waals surface area contributed by atoms with Crippen LogP contribution in [0.25, 0.3) is 5.52 Å². The van der Waals surface area contributed by atoms with Gasteiger partial charge in [-0.2, -0.15) is 0 Å². The predicted molar refractivity (Wildman–Crippen MR) is 112 cm³/mol. The molecule has 0 aliphatic heterocycles. The lowest BCUT2D eigenvalue weighted by Gasteiger charge is -2.15. The Labute approximate surface area is 172 Å². The molecule has 0 saturated carbocycles. The van der Waals surface area contributed by atoms with Gasteiger partial charge in [0.15, 0.2) is 11.6 Å². The molecule has 0 bridgehead atoms. The van der Waals surface area contributed by atoms with Crippen LogP contribution in [-0.2, 0) is 0 Å². The van der Waals surface area contributed by atoms with Gasteiger partial charge in [0.1, 0.15) is 11.4 Å². The molecule has 30 heavy (non-hydrogen) atoms. The monoisotopic (exact) mass is 395 g/mol. The summed E-state index contributed by atoms with van der Waals surface area (Å²) in [4.78, 5) is 40.3. The molecule has 4 aromatic rings. The van der Waals surface area contributed by atoms with Crippen LogP contribution in [0.3, 0.4) is 0 Å². The van der Waals surface area contributed by atoms with Gasteiger partial charge in [0.05, 0.1) is 23.8 Å². The van der Waals surface area contributed by atoms with Crippen molar-refractivity contribution in [2.45, 2.75) is 6.92 Å². The second-order valence-electron chi connectivity index (χ2n) is 7.32. The summed E-state index contributed by atoms with van der Waals surface area (Å²) in [6.45, 7) is 1.91. The van der Waals surface area contributed by atoms with Crippen LogP contribution in [0.2, 0.25) is 0 Å². The maximum absolute atomic E-state index is 13.6. The van der Waals surface area contributed by atoms with Gasteiger partial charge in [-0.15, -0.1) is 0 Å². The Hall–Kier alpha value is -3.99. The number of hydrogen-bond acceptors (Lipinski definition) is 4. The number of carbonyl (C=O) groups excluding carboxylic acids is 3. The van der Waals surface area contributed by atoms with E-state index < -0.39 is 0 Å². The van der Waals surface area contributed by atoms with Crippen molar-refractivity contribution in [2.75, 3.05) is 7.11 Å². The number of carbonyl (C=O) groups is 3. The highest BCUT2D eigenvalue weighted by molar-refractivity contribution is 6.33. The van der Waals surface area contributed by atoms with E-state index in [0.717, 1.165) is 5.56 Å². The number of benzene rings is 2. The third-order valence-corrected chi connectivity index (χ3v) is 5.53. The van der Waals surface area contributed by atoms with Crippen LogP contribution < -0.4 is 4.74 Å². The van der Waals surface area contributed by atoms with Crippen LogP contribution in [0.1, 0.15) is 53.5 Å². The number of nitrogens with zero attached hydrogens (tertiary/aromatic N) is 1. The molecule has 0 amide bonds. The van der Waals surface area contributed by atoms with E-state index in [1.54, 1.807) is 66.2 Å². The molecule has 2 aromatic carbocycles. The van der Waals surface area contributed by atoms with Gasteiger partial charge in [0.25, 0.3) is 0 Å². The third kappa shape index (κ3) is 2.45. The summed E-state index contributed by atoms with van der Waals surface area (Å²) in [7, 11) is 1.55. The standard InChI is InChI=1S/C25H17NO4/c1-14-11-12-26-19(13-14)20(23(27)15-7-9-16(30-2)10-8-15)21-22(26)25(29)18-6-4-3-5-17(18)24(21)28/h3-13H,1-2H3. The number of hydrogen-bond donors (Lipinski definition) is 0. The Morgan fingerprint density at radius 1 is 0.900 bits per heavy atom. The Morgan fingerprint density at radius 3 is 2.23 bits per heavy atom. The molecule has 146 valence electrons. The first-order valence-corrected chi connectivity index (χ1v) is 9.53. The van der Waals surface area contributed by atoms with E-state index in [9.17, 15) is 14.4 Å². The van der Waals surface area contributed by atoms with E-state index in [1.807, 2.05) is 19.1 Å². The minimum atomic E-state index is -0.307. The number of aryl methyl sites for hydroxylation is 1. The SMILES string of the molecule is COc1ccc(C(=O)c2c3c(n4ccc(C)cc24)C(=O)c2ccccc2C3=O)cc1. The fraction of sp³-hybridized carbons (Fsp3) is 0.0800. The first-order valence-electron chi connectivity index (χ1n) is 9.53. The molecule has 0 radical (unpaired) electrons. The largest absolute Gasteiger partial charge is 0.497 e. The summed E-state index contributed by atoms with van der Waals surface area (Å²) < 4.78 is 6.83. The van der Waals surface area contributed by atoms with Crippen molar-refractivity contribution in [2.24, 2.45) is 0 Å². The molecule has 0 fully saturated rings. The number of methoxy groups -OCH3 is 1. The highest BCUT2D eigenvalue weighted by Gasteiger charge is 2.37. The summed E-state index contributed by atoms with van der Waals surface area (Å²) >= 11 is 0. The second-order valence-corrected chi connectivity index (χ2v) is 7.32. The fourth-order valence-corrected chi connectivity index (χ4v) is 4.06. The summed E-state index contributed by atoms with van der Waals surface area (Å²) in [6, 6.07) is 17.2. The molecule has 5 rings (SSSR count). The van der Waals surface area contributed by atoms with Crippen molar-refractivity contribution in [1.29, 1.82) is 0 Å². The Balaban J connectivity index is 1.82. The predicted octanol–water partition coefficient (Wildman–Crippen LogP) is 4.26. The highest BCUT2D eigenvalue weighted by atomic mass is 16.5. The maximum atomic E-state index is 13.6. The van der Waals surface area contributed by atoms with Crippen LogP contribution in [-0.4, -0.2) is 28.9 Å². The van der Waals surface area contributed by atoms with Gasteiger partial charge in [-0.05, 0) is 48.9 Å². The summed E-state index contributed by atoms with van der Waals surface area (Å²) in [6.07, 6.45) is 1.74. The number of ketones is 3. The highest BCUT2D eigenvalue weighted by Crippen LogP contribution is 2.35. The lowest BCUT2D eigenvalue weighted by atomic mass is 9.85. The van der Waals surface area contributed by atoms with Gasteiger partial charge in [-0.1, -0.05) is 24.3 Å². The van der Waals surface area contributed by atoms with Crippen LogP contribution in [0.5, 0.6) is 5.75 Å². The summed E-state index contributed by atoms with van der Waals surface area (Å²) in [5.41, 5.74) is 3.26. The average molecular weight is 395 g/mol. The van der Waals surface area contributed by atoms with Gasteiger partial charge in [-0.25, -0.2) is 0 Å². The maximum Gasteiger partial charge on any atom is 0.211 e. The minimum Gasteiger partial charge on any atom is -0.497 e. The zero-order chi connectivity index (χ0) is 21.0. The zero-order valence-electron chi connectivity index (χ0n) is 16.4. The van der Waals surface area contributed by atoms with Crippen molar-refractivity contribution in [1.82, 2.24) is 4.40 Å². The van der Waals surface area contributed by atoms with Crippen molar-refractivity contribution in [3.63, 3.8) is 0 Å². The molecule has 1 aliphatic rings. The first-order chi connectivity index (χ1) is 14.5. The lowest BCUT2D eigenvalue weighted by Crippen LogP contribution is -2.22. The van der Waals surface area contributed by atoms with Gasteiger partial charge < -0.3 is 9.14 Å². The lowest BCUT2D eigenvalue weighted by molar-refractivity contribution is 0.0970. The van der Waals surface area contributed by atoms with E-state index in [2.05, 4.69) is 0 Å². The molecule has 0 N–H and O–H groups in total. The average Bonchev–Trinajstić information content (AvgIpc) is 3.11. The van der Waals surface area contributed by atoms with Gasteiger partial charge in [0, 0.05) is 22.9 Å². The third-order valence-electron chi connectivity index (χ3n) is 5.53. The number of ether oxygens (including phenoxy) is 1. The fourth-order valence-electron chi connectivity index (χ4n) is 4.06. The Bertz CT molecular complexity index is 1380. The molecule has 5 heteroatoms. The quantitative estimate of drug-likeness (QED) is 0.428. The molecule has 0 unspecified atom stereocenters. The van der Waals surface area contributed by atoms with E-state index in [1.165, 1.54) is 0 Å². The molecule has 0 spiro atoms. The Morgan fingerprint density at radius 2 is 1.57 bits per heavy atom. The number of pyridine rings is 1. The molecule has 0 atom stereocenters. The Kier molecular flexibility index (Phi) is 3.93. The summed E-state index contributed by atoms with van der Waals surface area (Å²) in [5.74, 6) is -0.236. The molecule has 1 aliphatic carbocycles. The van der Waals surface area contributed by atoms with Crippen LogP contribution in [0, 0.1) is 6.92 Å². The van der Waals surface area contributed by atoms with E-state index in [4.69, 9.17) is 4.74 Å². The molecule has 2 aromatic heterocycles. The van der Waals surface area contributed by atoms with Crippen LogP contribution in [0.15, 0.2) is 66.9 Å². The van der Waals surface area contributed by atoms with Crippen molar-refractivity contribution >= 4 is 22.9 Å². The second kappa shape index (κ2) is 6.52. The van der Waals surface area contributed by atoms with Gasteiger partial charge >= 0.3 is 0 Å². The first kappa shape index (κ1) is 18.1. The van der Waals surface area contributed by atoms with Gasteiger partial charge in [-0.3, -0.25) is 14.4 Å². The van der Waals surface area contributed by atoms with Crippen LogP contribution in [0.4, 0.5) is 0 Å². The number of aromatic nitrogens is 1. The van der Waals surface area contributed by atoms with Crippen LogP contribution >= 0.6 is 0 Å². The van der Waals surface area contributed by atoms with Crippen molar-refractivity contribution in [3.8, 4) is 5.75 Å². The number of fused-ring (bicyclic) bond motifs is 4. The molecular weight excluding hydrogens is 378 g/mol. The topological polar surface area (TPSA) is 64.8 Å². The van der Waals surface area contributed by atoms with E-state index in [-0.39, 0.29) is 34.2 Å². The number of rotatable bonds is 3. The molecule has 2 heterocycles. The molecule has 0 saturated heterocycles. The normalized spacial score (nSPS) is 12.6. The minimum absolute atomic E-state index is 0.171. The van der Waals surface area contributed by atoms with E-state index in [0.29, 0.717) is 28.0 Å². The smallest absolute Gasteiger partial charge is 0.211 e. The molecular formula is C25H17NO4. The van der Waals surface area contributed by atoms with Crippen molar-refractivity contribution in [3.05, 3.63) is 106 Å².